The number of hydrogen-bond acceptors (Lipinski definition) is 4. The molecule has 1 rings (SSSR count). The van der Waals surface area contributed by atoms with E-state index in [1.807, 2.05) is 34.3 Å². The zero-order chi connectivity index (χ0) is 10.3. The van der Waals surface area contributed by atoms with E-state index in [9.17, 15) is 0 Å². The van der Waals surface area contributed by atoms with Crippen LogP contribution in [0.4, 0.5) is 0 Å². The summed E-state index contributed by atoms with van der Waals surface area (Å²) < 4.78 is 0.445. The largest absolute Gasteiger partial charge is 0.160 e. The molecular weight excluding hydrogens is 248 g/mol. The molecule has 1 heterocycles. The molecule has 0 amide bonds. The first kappa shape index (κ1) is 12.9. The fourth-order valence-electron chi connectivity index (χ4n) is 1.25. The van der Waals surface area contributed by atoms with Crippen molar-refractivity contribution in [2.45, 2.75) is 4.75 Å². The van der Waals surface area contributed by atoms with Gasteiger partial charge in [-0.15, -0.1) is 23.5 Å². The van der Waals surface area contributed by atoms with Crippen LogP contribution in [0.2, 0.25) is 0 Å². The smallest absolute Gasteiger partial charge is 0.0437 e. The highest BCUT2D eigenvalue weighted by molar-refractivity contribution is 8.10. The summed E-state index contributed by atoms with van der Waals surface area (Å²) in [6.45, 7) is 7.55. The molecule has 0 aromatic rings. The molecule has 0 unspecified atom stereocenters. The Morgan fingerprint density at radius 3 is 2.21 bits per heavy atom. The van der Waals surface area contributed by atoms with E-state index in [4.69, 9.17) is 0 Å². The Bertz CT molecular complexity index is 171. The van der Waals surface area contributed by atoms with E-state index >= 15 is 0 Å². The van der Waals surface area contributed by atoms with Crippen molar-refractivity contribution in [2.75, 3.05) is 28.8 Å². The predicted molar refractivity (Wildman–Crippen MR) is 77.8 cm³/mol. The highest BCUT2D eigenvalue weighted by Crippen LogP contribution is 2.40. The highest BCUT2D eigenvalue weighted by Gasteiger charge is 2.32. The highest BCUT2D eigenvalue weighted by atomic mass is 32.2. The maximum absolute atomic E-state index is 3.78. The van der Waals surface area contributed by atoms with Crippen molar-refractivity contribution in [2.24, 2.45) is 0 Å². The van der Waals surface area contributed by atoms with Gasteiger partial charge in [0.25, 0.3) is 0 Å². The van der Waals surface area contributed by atoms with Crippen LogP contribution < -0.4 is 0 Å². The predicted octanol–water partition coefficient (Wildman–Crippen LogP) is 3.96. The van der Waals surface area contributed by atoms with E-state index in [1.165, 1.54) is 28.8 Å². The molecule has 0 N–H and O–H groups in total. The van der Waals surface area contributed by atoms with Gasteiger partial charge in [0.1, 0.15) is 0 Å². The standard InChI is InChI=1S/C10H16S4/c1-3-11-7-10(8-12-4-2)9-13-5-6-14-10/h3-4H,1-2,5-9H2. The van der Waals surface area contributed by atoms with Crippen LogP contribution in [0, 0.1) is 0 Å². The summed E-state index contributed by atoms with van der Waals surface area (Å²) in [7, 11) is 0. The van der Waals surface area contributed by atoms with Gasteiger partial charge >= 0.3 is 0 Å². The van der Waals surface area contributed by atoms with Crippen molar-refractivity contribution in [1.29, 1.82) is 0 Å². The Hall–Kier alpha value is 0.880. The Labute approximate surface area is 104 Å². The Balaban J connectivity index is 2.46. The van der Waals surface area contributed by atoms with Crippen molar-refractivity contribution >= 4 is 47.0 Å². The molecule has 0 atom stereocenters. The second-order valence-corrected chi connectivity index (χ2v) is 7.62. The van der Waals surface area contributed by atoms with Crippen molar-refractivity contribution in [3.63, 3.8) is 0 Å². The SMILES string of the molecule is C=CSCC1(CSC=C)CSCCS1. The molecule has 0 aromatic carbocycles. The normalized spacial score (nSPS) is 20.3. The van der Waals surface area contributed by atoms with E-state index < -0.39 is 0 Å². The lowest BCUT2D eigenvalue weighted by Crippen LogP contribution is -2.37. The first-order valence-corrected chi connectivity index (χ1v) is 8.73. The van der Waals surface area contributed by atoms with Crippen LogP contribution in [0.1, 0.15) is 0 Å². The lowest BCUT2D eigenvalue weighted by atomic mass is 10.2. The first-order valence-electron chi connectivity index (χ1n) is 4.50. The van der Waals surface area contributed by atoms with E-state index in [1.54, 1.807) is 0 Å². The van der Waals surface area contributed by atoms with Crippen molar-refractivity contribution in [3.8, 4) is 0 Å². The van der Waals surface area contributed by atoms with E-state index in [0.29, 0.717) is 4.75 Å². The van der Waals surface area contributed by atoms with Crippen molar-refractivity contribution in [1.82, 2.24) is 0 Å². The van der Waals surface area contributed by atoms with Gasteiger partial charge in [-0.25, -0.2) is 0 Å². The van der Waals surface area contributed by atoms with Crippen LogP contribution >= 0.6 is 47.0 Å². The lowest BCUT2D eigenvalue weighted by Gasteiger charge is -2.35. The number of thioether (sulfide) groups is 4. The van der Waals surface area contributed by atoms with Crippen molar-refractivity contribution < 1.29 is 0 Å². The lowest BCUT2D eigenvalue weighted by molar-refractivity contribution is 0.842. The quantitative estimate of drug-likeness (QED) is 0.712. The van der Waals surface area contributed by atoms with E-state index in [0.717, 1.165) is 0 Å². The molecule has 0 nitrogen and oxygen atoms in total. The first-order chi connectivity index (χ1) is 6.83. The molecule has 1 aliphatic rings. The molecule has 0 radical (unpaired) electrons. The van der Waals surface area contributed by atoms with Gasteiger partial charge in [-0.3, -0.25) is 0 Å². The summed E-state index contributed by atoms with van der Waals surface area (Å²) in [6, 6.07) is 0. The Kier molecular flexibility index (Phi) is 6.66. The molecule has 0 aromatic heterocycles. The van der Waals surface area contributed by atoms with Crippen LogP contribution in [0.3, 0.4) is 0 Å². The van der Waals surface area contributed by atoms with Gasteiger partial charge < -0.3 is 0 Å². The second-order valence-electron chi connectivity index (χ2n) is 3.04. The summed E-state index contributed by atoms with van der Waals surface area (Å²) >= 11 is 7.91. The third kappa shape index (κ3) is 4.17. The molecular formula is C10H16S4. The second kappa shape index (κ2) is 7.20. The summed E-state index contributed by atoms with van der Waals surface area (Å²) in [5.74, 6) is 6.26. The molecule has 1 saturated heterocycles. The third-order valence-electron chi connectivity index (χ3n) is 1.93. The van der Waals surface area contributed by atoms with E-state index in [2.05, 4.69) is 36.7 Å². The van der Waals surface area contributed by atoms with Gasteiger partial charge in [0.2, 0.25) is 0 Å². The van der Waals surface area contributed by atoms with Crippen LogP contribution in [0.5, 0.6) is 0 Å². The van der Waals surface area contributed by atoms with Crippen LogP contribution in [-0.4, -0.2) is 33.5 Å². The summed E-state index contributed by atoms with van der Waals surface area (Å²) in [5, 5.41) is 3.92. The van der Waals surface area contributed by atoms with Gasteiger partial charge in [0, 0.05) is 33.5 Å². The maximum atomic E-state index is 3.78. The summed E-state index contributed by atoms with van der Waals surface area (Å²) in [6.07, 6.45) is 0. The average molecular weight is 265 g/mol. The zero-order valence-corrected chi connectivity index (χ0v) is 11.5. The molecule has 1 fully saturated rings. The minimum Gasteiger partial charge on any atom is -0.160 e. The summed E-state index contributed by atoms with van der Waals surface area (Å²) in [4.78, 5) is 0. The Morgan fingerprint density at radius 1 is 1.14 bits per heavy atom. The minimum absolute atomic E-state index is 0.445. The number of hydrogen-bond donors (Lipinski definition) is 0. The van der Waals surface area contributed by atoms with Gasteiger partial charge in [0.05, 0.1) is 0 Å². The molecule has 14 heavy (non-hydrogen) atoms. The molecule has 0 aliphatic carbocycles. The van der Waals surface area contributed by atoms with Crippen LogP contribution in [-0.2, 0) is 0 Å². The molecule has 0 saturated carbocycles. The average Bonchev–Trinajstić information content (AvgIpc) is 2.25. The topological polar surface area (TPSA) is 0 Å². The maximum Gasteiger partial charge on any atom is 0.0437 e. The minimum atomic E-state index is 0.445. The zero-order valence-electron chi connectivity index (χ0n) is 8.24. The molecule has 0 bridgehead atoms. The van der Waals surface area contributed by atoms with Crippen LogP contribution in [0.25, 0.3) is 0 Å². The van der Waals surface area contributed by atoms with Gasteiger partial charge in [-0.2, -0.15) is 23.5 Å². The summed E-state index contributed by atoms with van der Waals surface area (Å²) in [5.41, 5.74) is 0. The molecule has 80 valence electrons. The van der Waals surface area contributed by atoms with Gasteiger partial charge in [-0.1, -0.05) is 13.2 Å². The fourth-order valence-corrected chi connectivity index (χ4v) is 6.50. The van der Waals surface area contributed by atoms with E-state index in [-0.39, 0.29) is 0 Å². The monoisotopic (exact) mass is 264 g/mol. The Morgan fingerprint density at radius 2 is 1.79 bits per heavy atom. The molecule has 4 heteroatoms. The van der Waals surface area contributed by atoms with Crippen LogP contribution in [0.15, 0.2) is 24.0 Å². The number of rotatable bonds is 6. The van der Waals surface area contributed by atoms with Gasteiger partial charge in [0.15, 0.2) is 0 Å². The third-order valence-corrected chi connectivity index (χ3v) is 7.35. The molecule has 1 aliphatic heterocycles. The fraction of sp³-hybridized carbons (Fsp3) is 0.600. The van der Waals surface area contributed by atoms with Gasteiger partial charge in [-0.05, 0) is 10.8 Å². The van der Waals surface area contributed by atoms with Crippen molar-refractivity contribution in [3.05, 3.63) is 24.0 Å². The molecule has 0 spiro atoms.